The van der Waals surface area contributed by atoms with Crippen LogP contribution in [-0.2, 0) is 25.8 Å². The van der Waals surface area contributed by atoms with Gasteiger partial charge in [0.1, 0.15) is 11.2 Å². The maximum absolute atomic E-state index is 5.92. The van der Waals surface area contributed by atoms with Crippen molar-refractivity contribution in [3.8, 4) is 0 Å². The molecule has 0 aliphatic heterocycles. The first kappa shape index (κ1) is 16.2. The molecule has 4 heterocycles. The van der Waals surface area contributed by atoms with Crippen molar-refractivity contribution in [3.05, 3.63) is 40.0 Å². The minimum absolute atomic E-state index is 0.647. The molecule has 0 aromatic carbocycles. The lowest BCUT2D eigenvalue weighted by atomic mass is 9.86. The average Bonchev–Trinajstić information content (AvgIpc) is 3.34. The molecule has 1 aliphatic carbocycles. The highest BCUT2D eigenvalue weighted by atomic mass is 35.5. The number of hydrogen-bond donors (Lipinski definition) is 0. The van der Waals surface area contributed by atoms with E-state index in [4.69, 9.17) is 16.6 Å². The Morgan fingerprint density at radius 1 is 1.38 bits per heavy atom. The summed E-state index contributed by atoms with van der Waals surface area (Å²) in [7, 11) is 0. The third-order valence-electron chi connectivity index (χ3n) is 5.28. The summed E-state index contributed by atoms with van der Waals surface area (Å²) in [5.41, 5.74) is 2.39. The average molecular weight is 387 g/mol. The molecular formula is C18H19ClN6S. The van der Waals surface area contributed by atoms with Gasteiger partial charge in [-0.2, -0.15) is 5.10 Å². The maximum atomic E-state index is 5.92. The Bertz CT molecular complexity index is 1090. The number of rotatable bonds is 4. The van der Waals surface area contributed by atoms with E-state index in [1.807, 2.05) is 26.7 Å². The van der Waals surface area contributed by atoms with Crippen LogP contribution in [0.1, 0.15) is 36.0 Å². The predicted octanol–water partition coefficient (Wildman–Crippen LogP) is 3.95. The van der Waals surface area contributed by atoms with E-state index < -0.39 is 0 Å². The van der Waals surface area contributed by atoms with Crippen molar-refractivity contribution in [3.63, 3.8) is 0 Å². The molecule has 0 saturated heterocycles. The van der Waals surface area contributed by atoms with Crippen molar-refractivity contribution in [2.45, 2.75) is 45.6 Å². The van der Waals surface area contributed by atoms with Gasteiger partial charge in [0, 0.05) is 24.0 Å². The fourth-order valence-electron chi connectivity index (χ4n) is 3.82. The van der Waals surface area contributed by atoms with Crippen LogP contribution in [0.15, 0.2) is 18.7 Å². The van der Waals surface area contributed by atoms with Crippen LogP contribution in [-0.4, -0.2) is 29.4 Å². The Labute approximate surface area is 159 Å². The molecule has 0 unspecified atom stereocenters. The molecule has 4 aromatic rings. The Morgan fingerprint density at radius 3 is 3.12 bits per heavy atom. The lowest BCUT2D eigenvalue weighted by Crippen LogP contribution is -2.11. The second kappa shape index (κ2) is 6.32. The molecule has 0 fully saturated rings. The minimum Gasteiger partial charge on any atom is -0.271 e. The van der Waals surface area contributed by atoms with E-state index in [-0.39, 0.29) is 0 Å². The normalized spacial score (nSPS) is 17.2. The van der Waals surface area contributed by atoms with E-state index in [0.717, 1.165) is 28.6 Å². The predicted molar refractivity (Wildman–Crippen MR) is 103 cm³/mol. The number of fused-ring (bicyclic) bond motifs is 5. The molecule has 134 valence electrons. The van der Waals surface area contributed by atoms with Crippen molar-refractivity contribution < 1.29 is 0 Å². The zero-order valence-electron chi connectivity index (χ0n) is 14.5. The molecule has 0 spiro atoms. The second-order valence-corrected chi connectivity index (χ2v) is 8.43. The van der Waals surface area contributed by atoms with Gasteiger partial charge in [0.25, 0.3) is 0 Å². The van der Waals surface area contributed by atoms with Gasteiger partial charge in [-0.3, -0.25) is 4.68 Å². The molecule has 0 N–H and O–H groups in total. The summed E-state index contributed by atoms with van der Waals surface area (Å²) in [6.07, 6.45) is 10.8. The summed E-state index contributed by atoms with van der Waals surface area (Å²) in [5.74, 6) is 1.62. The third kappa shape index (κ3) is 2.70. The summed E-state index contributed by atoms with van der Waals surface area (Å²) in [6, 6.07) is 0. The standard InChI is InChI=1S/C18H19ClN6S/c1-2-11-3-4-13-14(7-11)26-18-16(13)17-22-15(23-25(17)10-20-18)5-6-24-9-12(19)8-21-24/h8-11H,2-7H2,1H3/t11-/m0/s1. The SMILES string of the molecule is CC[C@H]1CCc2c(sc3ncn4nc(CCn5cc(Cl)cn5)nc4c23)C1. The van der Waals surface area contributed by atoms with Crippen LogP contribution in [0, 0.1) is 5.92 Å². The van der Waals surface area contributed by atoms with Crippen LogP contribution in [0.2, 0.25) is 5.02 Å². The number of halogens is 1. The Morgan fingerprint density at radius 2 is 2.31 bits per heavy atom. The van der Waals surface area contributed by atoms with E-state index in [1.54, 1.807) is 12.5 Å². The van der Waals surface area contributed by atoms with Crippen molar-refractivity contribution in [2.24, 2.45) is 5.92 Å². The van der Waals surface area contributed by atoms with Crippen molar-refractivity contribution in [2.75, 3.05) is 0 Å². The van der Waals surface area contributed by atoms with Gasteiger partial charge in [-0.25, -0.2) is 14.5 Å². The summed E-state index contributed by atoms with van der Waals surface area (Å²) in [6.45, 7) is 3.00. The van der Waals surface area contributed by atoms with Crippen LogP contribution < -0.4 is 0 Å². The topological polar surface area (TPSA) is 60.9 Å². The molecule has 0 amide bonds. The molecule has 1 aliphatic rings. The smallest absolute Gasteiger partial charge is 0.167 e. The van der Waals surface area contributed by atoms with Gasteiger partial charge < -0.3 is 0 Å². The lowest BCUT2D eigenvalue weighted by Gasteiger charge is -2.20. The minimum atomic E-state index is 0.647. The third-order valence-corrected chi connectivity index (χ3v) is 6.63. The van der Waals surface area contributed by atoms with Gasteiger partial charge in [0.05, 0.1) is 16.6 Å². The first-order valence-corrected chi connectivity index (χ1v) is 10.2. The molecular weight excluding hydrogens is 368 g/mol. The molecule has 0 radical (unpaired) electrons. The first-order chi connectivity index (χ1) is 12.7. The molecule has 26 heavy (non-hydrogen) atoms. The van der Waals surface area contributed by atoms with Gasteiger partial charge in [0.2, 0.25) is 0 Å². The second-order valence-electron chi connectivity index (χ2n) is 6.91. The highest BCUT2D eigenvalue weighted by Crippen LogP contribution is 2.39. The summed E-state index contributed by atoms with van der Waals surface area (Å²) >= 11 is 7.76. The molecule has 1 atom stereocenters. The summed E-state index contributed by atoms with van der Waals surface area (Å²) in [5, 5.41) is 10.7. The van der Waals surface area contributed by atoms with Crippen molar-refractivity contribution >= 4 is 38.8 Å². The summed E-state index contributed by atoms with van der Waals surface area (Å²) < 4.78 is 3.64. The maximum Gasteiger partial charge on any atom is 0.167 e. The molecule has 8 heteroatoms. The van der Waals surface area contributed by atoms with Crippen LogP contribution in [0.3, 0.4) is 0 Å². The number of hydrogen-bond acceptors (Lipinski definition) is 5. The lowest BCUT2D eigenvalue weighted by molar-refractivity contribution is 0.451. The first-order valence-electron chi connectivity index (χ1n) is 9.03. The highest BCUT2D eigenvalue weighted by Gasteiger charge is 2.24. The molecule has 6 nitrogen and oxygen atoms in total. The molecule has 0 saturated carbocycles. The van der Waals surface area contributed by atoms with Crippen LogP contribution >= 0.6 is 22.9 Å². The van der Waals surface area contributed by atoms with Crippen LogP contribution in [0.5, 0.6) is 0 Å². The van der Waals surface area contributed by atoms with Gasteiger partial charge >= 0.3 is 0 Å². The Hall–Kier alpha value is -1.99. The fourth-order valence-corrected chi connectivity index (χ4v) is 5.27. The zero-order chi connectivity index (χ0) is 17.7. The largest absolute Gasteiger partial charge is 0.271 e. The van der Waals surface area contributed by atoms with Crippen molar-refractivity contribution in [1.82, 2.24) is 29.4 Å². The van der Waals surface area contributed by atoms with Gasteiger partial charge in [0.15, 0.2) is 11.5 Å². The fraction of sp³-hybridized carbons (Fsp3) is 0.444. The van der Waals surface area contributed by atoms with E-state index in [0.29, 0.717) is 18.0 Å². The Kier molecular flexibility index (Phi) is 3.94. The van der Waals surface area contributed by atoms with E-state index >= 15 is 0 Å². The zero-order valence-corrected chi connectivity index (χ0v) is 16.1. The number of aryl methyl sites for hydroxylation is 3. The van der Waals surface area contributed by atoms with Gasteiger partial charge in [-0.15, -0.1) is 16.4 Å². The monoisotopic (exact) mass is 386 g/mol. The molecule has 4 aromatic heterocycles. The van der Waals surface area contributed by atoms with E-state index in [2.05, 4.69) is 22.1 Å². The quantitative estimate of drug-likeness (QED) is 0.532. The number of aromatic nitrogens is 6. The van der Waals surface area contributed by atoms with Crippen LogP contribution in [0.25, 0.3) is 15.9 Å². The van der Waals surface area contributed by atoms with Crippen molar-refractivity contribution in [1.29, 1.82) is 0 Å². The molecule has 5 rings (SSSR count). The van der Waals surface area contributed by atoms with Gasteiger partial charge in [-0.1, -0.05) is 24.9 Å². The van der Waals surface area contributed by atoms with E-state index in [1.165, 1.54) is 35.1 Å². The summed E-state index contributed by atoms with van der Waals surface area (Å²) in [4.78, 5) is 12.1. The van der Waals surface area contributed by atoms with Crippen LogP contribution in [0.4, 0.5) is 0 Å². The van der Waals surface area contributed by atoms with Gasteiger partial charge in [-0.05, 0) is 30.7 Å². The number of thiophene rings is 1. The molecule has 0 bridgehead atoms. The number of nitrogens with zero attached hydrogens (tertiary/aromatic N) is 6. The Balaban J connectivity index is 1.51. The highest BCUT2D eigenvalue weighted by molar-refractivity contribution is 7.19. The van der Waals surface area contributed by atoms with E-state index in [9.17, 15) is 0 Å².